The van der Waals surface area contributed by atoms with Crippen LogP contribution in [0.2, 0.25) is 0 Å². The molecule has 9 nitrogen and oxygen atoms in total. The third-order valence-electron chi connectivity index (χ3n) is 9.45. The van der Waals surface area contributed by atoms with Crippen LogP contribution >= 0.6 is 0 Å². The molecule has 2 N–H and O–H groups in total. The van der Waals surface area contributed by atoms with Gasteiger partial charge in [0.05, 0.1) is 23.4 Å². The van der Waals surface area contributed by atoms with E-state index in [1.165, 1.54) is 0 Å². The molecule has 40 heavy (non-hydrogen) atoms. The van der Waals surface area contributed by atoms with E-state index in [2.05, 4.69) is 17.9 Å². The number of alkyl halides is 1. The molecule has 4 heterocycles. The zero-order chi connectivity index (χ0) is 28.2. The standard InChI is InChI=1S/C30H39FN6O3/c1-18-8-10-30(26-20(18)6-7-22(33)21(26)14-32)13-23-25(24(40-30)16-38-4)27(36(2)3)35-28(34-23)39-17-29-9-5-11-37(29)15-19(31)12-29/h6-7,18-19,24H,5,8-13,15-17,33H2,1-4H3. The normalized spacial score (nSPS) is 30.9. The second-order valence-corrected chi connectivity index (χ2v) is 12.2. The molecule has 0 amide bonds. The van der Waals surface area contributed by atoms with E-state index in [9.17, 15) is 9.65 Å². The first-order chi connectivity index (χ1) is 19.2. The van der Waals surface area contributed by atoms with Gasteiger partial charge in [-0.05, 0) is 49.8 Å². The number of nitrogen functional groups attached to an aromatic ring is 1. The average molecular weight is 551 g/mol. The van der Waals surface area contributed by atoms with Gasteiger partial charge in [-0.3, -0.25) is 4.90 Å². The highest BCUT2D eigenvalue weighted by Crippen LogP contribution is 2.53. The molecule has 0 saturated carbocycles. The molecular formula is C30H39FN6O3. The Bertz CT molecular complexity index is 1350. The van der Waals surface area contributed by atoms with E-state index in [4.69, 9.17) is 29.9 Å². The molecule has 0 bridgehead atoms. The van der Waals surface area contributed by atoms with Gasteiger partial charge in [0, 0.05) is 57.4 Å². The molecule has 1 aromatic heterocycles. The maximum atomic E-state index is 14.4. The van der Waals surface area contributed by atoms with Gasteiger partial charge in [0.1, 0.15) is 36.4 Å². The van der Waals surface area contributed by atoms with E-state index < -0.39 is 17.9 Å². The summed E-state index contributed by atoms with van der Waals surface area (Å²) >= 11 is 0. The van der Waals surface area contributed by atoms with Crippen molar-refractivity contribution in [3.8, 4) is 12.1 Å². The van der Waals surface area contributed by atoms with Crippen molar-refractivity contribution >= 4 is 11.5 Å². The minimum absolute atomic E-state index is 0.278. The lowest BCUT2D eigenvalue weighted by Crippen LogP contribution is -2.45. The predicted molar refractivity (Wildman–Crippen MR) is 149 cm³/mol. The lowest BCUT2D eigenvalue weighted by Gasteiger charge is -2.47. The number of rotatable bonds is 6. The van der Waals surface area contributed by atoms with Crippen LogP contribution in [-0.4, -0.2) is 74.1 Å². The fraction of sp³-hybridized carbons (Fsp3) is 0.633. The van der Waals surface area contributed by atoms with E-state index in [1.807, 2.05) is 31.1 Å². The smallest absolute Gasteiger partial charge is 0.318 e. The van der Waals surface area contributed by atoms with Gasteiger partial charge < -0.3 is 24.8 Å². The molecule has 5 atom stereocenters. The number of nitrogens with zero attached hydrogens (tertiary/aromatic N) is 5. The molecular weight excluding hydrogens is 511 g/mol. The molecule has 5 unspecified atom stereocenters. The zero-order valence-corrected chi connectivity index (χ0v) is 23.9. The molecule has 214 valence electrons. The Labute approximate surface area is 235 Å². The number of hydrogen-bond donors (Lipinski definition) is 1. The second-order valence-electron chi connectivity index (χ2n) is 12.2. The monoisotopic (exact) mass is 550 g/mol. The molecule has 6 rings (SSSR count). The Morgan fingerprint density at radius 3 is 2.88 bits per heavy atom. The lowest BCUT2D eigenvalue weighted by atomic mass is 9.69. The molecule has 4 aliphatic rings. The number of ether oxygens (including phenoxy) is 3. The molecule has 1 aliphatic carbocycles. The maximum absolute atomic E-state index is 14.4. The van der Waals surface area contributed by atoms with Crippen LogP contribution in [0.3, 0.4) is 0 Å². The first-order valence-corrected chi connectivity index (χ1v) is 14.3. The maximum Gasteiger partial charge on any atom is 0.318 e. The number of halogens is 1. The minimum atomic E-state index is -0.826. The quantitative estimate of drug-likeness (QED) is 0.534. The minimum Gasteiger partial charge on any atom is -0.461 e. The first kappa shape index (κ1) is 27.2. The lowest BCUT2D eigenvalue weighted by molar-refractivity contribution is -0.143. The van der Waals surface area contributed by atoms with E-state index in [0.29, 0.717) is 49.7 Å². The Kier molecular flexibility index (Phi) is 6.88. The number of hydrogen-bond acceptors (Lipinski definition) is 9. The molecule has 2 aromatic rings. The van der Waals surface area contributed by atoms with Gasteiger partial charge in [0.15, 0.2) is 0 Å². The van der Waals surface area contributed by atoms with E-state index in [1.54, 1.807) is 7.11 Å². The molecule has 1 aromatic carbocycles. The predicted octanol–water partition coefficient (Wildman–Crippen LogP) is 4.00. The van der Waals surface area contributed by atoms with Crippen LogP contribution in [0, 0.1) is 11.3 Å². The molecule has 2 saturated heterocycles. The van der Waals surface area contributed by atoms with Gasteiger partial charge in [0.2, 0.25) is 0 Å². The molecule has 0 radical (unpaired) electrons. The fourth-order valence-corrected chi connectivity index (χ4v) is 7.59. The Balaban J connectivity index is 1.43. The highest BCUT2D eigenvalue weighted by molar-refractivity contribution is 5.64. The van der Waals surface area contributed by atoms with E-state index in [-0.39, 0.29) is 17.5 Å². The highest BCUT2D eigenvalue weighted by atomic mass is 19.1. The largest absolute Gasteiger partial charge is 0.461 e. The van der Waals surface area contributed by atoms with Gasteiger partial charge in [-0.15, -0.1) is 0 Å². The summed E-state index contributed by atoms with van der Waals surface area (Å²) in [6, 6.07) is 6.51. The highest BCUT2D eigenvalue weighted by Gasteiger charge is 2.51. The van der Waals surface area contributed by atoms with Gasteiger partial charge in [0.25, 0.3) is 0 Å². The molecule has 3 aliphatic heterocycles. The Morgan fingerprint density at radius 1 is 1.30 bits per heavy atom. The van der Waals surface area contributed by atoms with Gasteiger partial charge in [-0.1, -0.05) is 13.0 Å². The van der Waals surface area contributed by atoms with Crippen LogP contribution < -0.4 is 15.4 Å². The number of methoxy groups -OCH3 is 1. The number of fused-ring (bicyclic) bond motifs is 4. The summed E-state index contributed by atoms with van der Waals surface area (Å²) in [5.41, 5.74) is 9.85. The van der Waals surface area contributed by atoms with Crippen molar-refractivity contribution in [2.75, 3.05) is 58.1 Å². The first-order valence-electron chi connectivity index (χ1n) is 14.3. The van der Waals surface area contributed by atoms with Crippen molar-refractivity contribution in [3.63, 3.8) is 0 Å². The summed E-state index contributed by atoms with van der Waals surface area (Å²) in [5.74, 6) is 0.991. The summed E-state index contributed by atoms with van der Waals surface area (Å²) in [5, 5.41) is 10.2. The van der Waals surface area contributed by atoms with Gasteiger partial charge in [-0.25, -0.2) is 4.39 Å². The van der Waals surface area contributed by atoms with E-state index in [0.717, 1.165) is 54.6 Å². The van der Waals surface area contributed by atoms with Crippen LogP contribution in [0.4, 0.5) is 15.9 Å². The number of nitrogens with two attached hydrogens (primary N) is 1. The number of benzene rings is 1. The second kappa shape index (κ2) is 10.1. The molecule has 2 fully saturated rings. The fourth-order valence-electron chi connectivity index (χ4n) is 7.59. The van der Waals surface area contributed by atoms with Gasteiger partial charge in [-0.2, -0.15) is 15.2 Å². The van der Waals surface area contributed by atoms with Crippen molar-refractivity contribution < 1.29 is 18.6 Å². The van der Waals surface area contributed by atoms with Crippen LogP contribution in [0.15, 0.2) is 12.1 Å². The number of aromatic nitrogens is 2. The summed E-state index contributed by atoms with van der Waals surface area (Å²) in [6.07, 6.45) is 3.28. The van der Waals surface area contributed by atoms with Crippen molar-refractivity contribution in [1.82, 2.24) is 14.9 Å². The summed E-state index contributed by atoms with van der Waals surface area (Å²) in [6.45, 7) is 4.22. The number of nitriles is 1. The van der Waals surface area contributed by atoms with Crippen molar-refractivity contribution in [1.29, 1.82) is 5.26 Å². The number of anilines is 2. The SMILES string of the molecule is COCC1OC2(CCC(C)c3ccc(N)c(C#N)c32)Cc2nc(OCC34CCCN3CC(F)C4)nc(N(C)C)c21. The summed E-state index contributed by atoms with van der Waals surface area (Å²) in [4.78, 5) is 14.0. The summed E-state index contributed by atoms with van der Waals surface area (Å²) in [7, 11) is 5.53. The van der Waals surface area contributed by atoms with Gasteiger partial charge >= 0.3 is 6.01 Å². The van der Waals surface area contributed by atoms with Crippen LogP contribution in [-0.2, 0) is 21.5 Å². The topological polar surface area (TPSA) is 110 Å². The van der Waals surface area contributed by atoms with Crippen LogP contribution in [0.5, 0.6) is 6.01 Å². The third kappa shape index (κ3) is 4.30. The van der Waals surface area contributed by atoms with E-state index >= 15 is 0 Å². The summed E-state index contributed by atoms with van der Waals surface area (Å²) < 4.78 is 33.3. The molecule has 10 heteroatoms. The van der Waals surface area contributed by atoms with Crippen molar-refractivity contribution in [2.24, 2.45) is 0 Å². The van der Waals surface area contributed by atoms with Crippen molar-refractivity contribution in [2.45, 2.75) is 74.8 Å². The van der Waals surface area contributed by atoms with Crippen LogP contribution in [0.25, 0.3) is 0 Å². The molecule has 1 spiro atoms. The Morgan fingerprint density at radius 2 is 2.12 bits per heavy atom. The zero-order valence-electron chi connectivity index (χ0n) is 23.9. The van der Waals surface area contributed by atoms with Crippen molar-refractivity contribution in [3.05, 3.63) is 40.1 Å². The Hall–Kier alpha value is -3.00. The third-order valence-corrected chi connectivity index (χ3v) is 9.45. The van der Waals surface area contributed by atoms with Crippen LogP contribution in [0.1, 0.15) is 79.0 Å². The average Bonchev–Trinajstić information content (AvgIpc) is 3.45.